The fraction of sp³-hybridized carbons (Fsp3) is 0.111. The van der Waals surface area contributed by atoms with Crippen LogP contribution in [0.2, 0.25) is 5.02 Å². The van der Waals surface area contributed by atoms with Crippen molar-refractivity contribution in [3.05, 3.63) is 53.2 Å². The minimum atomic E-state index is -0.492. The van der Waals surface area contributed by atoms with Gasteiger partial charge >= 0.3 is 5.97 Å². The normalized spacial score (nSPS) is 11.4. The van der Waals surface area contributed by atoms with Gasteiger partial charge in [-0.25, -0.2) is 9.78 Å². The Balaban J connectivity index is 2.22. The van der Waals surface area contributed by atoms with Crippen LogP contribution in [0.25, 0.3) is 32.8 Å². The zero-order valence-electron chi connectivity index (χ0n) is 12.3. The number of esters is 1. The number of hydrogen-bond donors (Lipinski definition) is 0. The summed E-state index contributed by atoms with van der Waals surface area (Å²) in [7, 11) is 0. The maximum absolute atomic E-state index is 12.3. The first kappa shape index (κ1) is 14.0. The smallest absolute Gasteiger partial charge is 0.360 e. The van der Waals surface area contributed by atoms with E-state index in [1.54, 1.807) is 19.1 Å². The van der Waals surface area contributed by atoms with Crippen LogP contribution < -0.4 is 0 Å². The maximum atomic E-state index is 12.3. The van der Waals surface area contributed by atoms with E-state index in [0.717, 1.165) is 16.2 Å². The van der Waals surface area contributed by atoms with Crippen LogP contribution in [0.4, 0.5) is 0 Å². The molecule has 0 aliphatic rings. The summed E-state index contributed by atoms with van der Waals surface area (Å²) in [5.74, 6) is -0.492. The fourth-order valence-electron chi connectivity index (χ4n) is 2.79. The van der Waals surface area contributed by atoms with Crippen molar-refractivity contribution in [1.29, 1.82) is 0 Å². The van der Waals surface area contributed by atoms with Gasteiger partial charge in [0.05, 0.1) is 12.1 Å². The van der Waals surface area contributed by atoms with Crippen LogP contribution in [0.1, 0.15) is 17.4 Å². The van der Waals surface area contributed by atoms with Crippen molar-refractivity contribution in [2.24, 2.45) is 0 Å². The molecule has 0 radical (unpaired) electrons. The van der Waals surface area contributed by atoms with E-state index >= 15 is 0 Å². The molecule has 114 valence electrons. The Morgan fingerprint density at radius 3 is 2.87 bits per heavy atom. The van der Waals surface area contributed by atoms with Gasteiger partial charge in [0.25, 0.3) is 0 Å². The average molecular weight is 326 g/mol. The number of fused-ring (bicyclic) bond motifs is 5. The maximum Gasteiger partial charge on any atom is 0.360 e. The SMILES string of the molecule is CCOC(=O)c1nc2ccc(Cl)cc2c2c1oc1ccccc12. The quantitative estimate of drug-likeness (QED) is 0.488. The standard InChI is InChI=1S/C18H12ClNO3/c1-2-22-18(21)16-17-15(11-5-3-4-6-14(11)23-17)12-9-10(19)7-8-13(12)20-16/h3-9H,2H2,1H3. The lowest BCUT2D eigenvalue weighted by molar-refractivity contribution is 0.0521. The van der Waals surface area contributed by atoms with E-state index in [0.29, 0.717) is 21.7 Å². The van der Waals surface area contributed by atoms with Gasteiger partial charge in [-0.1, -0.05) is 29.8 Å². The number of para-hydroxylation sites is 1. The molecule has 0 spiro atoms. The number of furan rings is 1. The van der Waals surface area contributed by atoms with Gasteiger partial charge < -0.3 is 9.15 Å². The zero-order valence-corrected chi connectivity index (χ0v) is 13.1. The van der Waals surface area contributed by atoms with E-state index in [1.807, 2.05) is 30.3 Å². The van der Waals surface area contributed by atoms with Gasteiger partial charge in [0.1, 0.15) is 5.58 Å². The van der Waals surface area contributed by atoms with Gasteiger partial charge in [-0.3, -0.25) is 0 Å². The van der Waals surface area contributed by atoms with Gasteiger partial charge in [0, 0.05) is 21.2 Å². The van der Waals surface area contributed by atoms with E-state index < -0.39 is 5.97 Å². The molecule has 0 bridgehead atoms. The number of rotatable bonds is 2. The summed E-state index contributed by atoms with van der Waals surface area (Å²) in [6.45, 7) is 2.04. The first-order valence-electron chi connectivity index (χ1n) is 7.26. The lowest BCUT2D eigenvalue weighted by Crippen LogP contribution is -2.07. The summed E-state index contributed by atoms with van der Waals surface area (Å²) in [4.78, 5) is 16.7. The molecule has 0 aliphatic heterocycles. The summed E-state index contributed by atoms with van der Waals surface area (Å²) in [5, 5.41) is 3.21. The molecule has 2 heterocycles. The van der Waals surface area contributed by atoms with E-state index in [2.05, 4.69) is 4.98 Å². The number of ether oxygens (including phenoxy) is 1. The molecule has 2 aromatic heterocycles. The minimum absolute atomic E-state index is 0.188. The summed E-state index contributed by atoms with van der Waals surface area (Å²) < 4.78 is 11.0. The number of nitrogens with zero attached hydrogens (tertiary/aromatic N) is 1. The largest absolute Gasteiger partial charge is 0.461 e. The molecule has 0 aliphatic carbocycles. The summed E-state index contributed by atoms with van der Waals surface area (Å²) in [6.07, 6.45) is 0. The highest BCUT2D eigenvalue weighted by Crippen LogP contribution is 2.36. The Labute approximate surface area is 136 Å². The van der Waals surface area contributed by atoms with Crippen LogP contribution in [0.3, 0.4) is 0 Å². The molecule has 4 rings (SSSR count). The first-order chi connectivity index (χ1) is 11.2. The Morgan fingerprint density at radius 2 is 2.04 bits per heavy atom. The molecule has 0 atom stereocenters. The van der Waals surface area contributed by atoms with E-state index in [4.69, 9.17) is 20.8 Å². The average Bonchev–Trinajstić information content (AvgIpc) is 2.94. The molecular weight excluding hydrogens is 314 g/mol. The third-order valence-electron chi connectivity index (χ3n) is 3.74. The predicted octanol–water partition coefficient (Wildman–Crippen LogP) is 4.96. The van der Waals surface area contributed by atoms with Gasteiger partial charge in [-0.05, 0) is 31.2 Å². The lowest BCUT2D eigenvalue weighted by atomic mass is 10.1. The molecular formula is C18H12ClNO3. The van der Waals surface area contributed by atoms with Crippen LogP contribution in [0, 0.1) is 0 Å². The highest BCUT2D eigenvalue weighted by molar-refractivity contribution is 6.32. The Hall–Kier alpha value is -2.59. The van der Waals surface area contributed by atoms with Gasteiger partial charge in [0.2, 0.25) is 0 Å². The van der Waals surface area contributed by atoms with Crippen molar-refractivity contribution in [1.82, 2.24) is 4.98 Å². The van der Waals surface area contributed by atoms with Crippen molar-refractivity contribution in [3.8, 4) is 0 Å². The molecule has 0 N–H and O–H groups in total. The Morgan fingerprint density at radius 1 is 1.22 bits per heavy atom. The molecule has 5 heteroatoms. The molecule has 0 fully saturated rings. The molecule has 4 aromatic rings. The van der Waals surface area contributed by atoms with Crippen molar-refractivity contribution < 1.29 is 13.9 Å². The van der Waals surface area contributed by atoms with Gasteiger partial charge in [0.15, 0.2) is 11.3 Å². The Bertz CT molecular complexity index is 1070. The second-order valence-electron chi connectivity index (χ2n) is 5.14. The molecule has 0 saturated carbocycles. The van der Waals surface area contributed by atoms with Gasteiger partial charge in [-0.15, -0.1) is 0 Å². The molecule has 0 amide bonds. The molecule has 23 heavy (non-hydrogen) atoms. The summed E-state index contributed by atoms with van der Waals surface area (Å²) in [5.41, 5.74) is 1.99. The summed E-state index contributed by atoms with van der Waals surface area (Å²) >= 11 is 6.14. The Kier molecular flexibility index (Phi) is 3.20. The molecule has 4 nitrogen and oxygen atoms in total. The highest BCUT2D eigenvalue weighted by atomic mass is 35.5. The minimum Gasteiger partial charge on any atom is -0.461 e. The van der Waals surface area contributed by atoms with Gasteiger partial charge in [-0.2, -0.15) is 0 Å². The van der Waals surface area contributed by atoms with Crippen LogP contribution in [0.5, 0.6) is 0 Å². The van der Waals surface area contributed by atoms with Crippen molar-refractivity contribution >= 4 is 50.4 Å². The zero-order chi connectivity index (χ0) is 16.0. The van der Waals surface area contributed by atoms with Crippen LogP contribution >= 0.6 is 11.6 Å². The predicted molar refractivity (Wildman–Crippen MR) is 90.0 cm³/mol. The number of benzene rings is 2. The number of carbonyl (C=O) groups is 1. The fourth-order valence-corrected chi connectivity index (χ4v) is 2.97. The number of aromatic nitrogens is 1. The first-order valence-corrected chi connectivity index (χ1v) is 7.64. The molecule has 0 unspecified atom stereocenters. The lowest BCUT2D eigenvalue weighted by Gasteiger charge is -2.05. The third-order valence-corrected chi connectivity index (χ3v) is 3.97. The van der Waals surface area contributed by atoms with E-state index in [9.17, 15) is 4.79 Å². The molecule has 2 aromatic carbocycles. The highest BCUT2D eigenvalue weighted by Gasteiger charge is 2.21. The van der Waals surface area contributed by atoms with E-state index in [-0.39, 0.29) is 12.3 Å². The van der Waals surface area contributed by atoms with Crippen LogP contribution in [-0.4, -0.2) is 17.6 Å². The number of hydrogen-bond acceptors (Lipinski definition) is 4. The van der Waals surface area contributed by atoms with Crippen molar-refractivity contribution in [2.45, 2.75) is 6.92 Å². The van der Waals surface area contributed by atoms with Crippen LogP contribution in [-0.2, 0) is 4.74 Å². The topological polar surface area (TPSA) is 52.3 Å². The van der Waals surface area contributed by atoms with E-state index in [1.165, 1.54) is 0 Å². The second-order valence-corrected chi connectivity index (χ2v) is 5.58. The molecule has 0 saturated heterocycles. The van der Waals surface area contributed by atoms with Crippen molar-refractivity contribution in [2.75, 3.05) is 6.61 Å². The number of halogens is 1. The second kappa shape index (κ2) is 5.25. The third kappa shape index (κ3) is 2.14. The number of pyridine rings is 1. The van der Waals surface area contributed by atoms with Crippen LogP contribution in [0.15, 0.2) is 46.9 Å². The number of carbonyl (C=O) groups excluding carboxylic acids is 1. The summed E-state index contributed by atoms with van der Waals surface area (Å²) in [6, 6.07) is 13.0. The van der Waals surface area contributed by atoms with Crippen molar-refractivity contribution in [3.63, 3.8) is 0 Å². The monoisotopic (exact) mass is 325 g/mol.